The molecular formula is C30H25NO4S. The largest absolute Gasteiger partial charge is 0.449 e. The first-order valence-electron chi connectivity index (χ1n) is 12.0. The summed E-state index contributed by atoms with van der Waals surface area (Å²) in [7, 11) is 0. The molecule has 6 heteroatoms. The smallest absolute Gasteiger partial charge is 0.407 e. The highest BCUT2D eigenvalue weighted by Gasteiger charge is 2.29. The number of aliphatic hydroxyl groups excluding tert-OH is 2. The van der Waals surface area contributed by atoms with Gasteiger partial charge in [0.15, 0.2) is 0 Å². The molecule has 0 bridgehead atoms. The molecule has 2 unspecified atom stereocenters. The molecule has 0 fully saturated rings. The van der Waals surface area contributed by atoms with Crippen molar-refractivity contribution in [2.24, 2.45) is 0 Å². The summed E-state index contributed by atoms with van der Waals surface area (Å²) in [6.07, 6.45) is -2.93. The van der Waals surface area contributed by atoms with E-state index in [1.54, 1.807) is 11.3 Å². The Bertz CT molecular complexity index is 1530. The van der Waals surface area contributed by atoms with Gasteiger partial charge in [-0.3, -0.25) is 0 Å². The number of alkyl carbamates (subject to hydrolysis) is 1. The lowest BCUT2D eigenvalue weighted by Crippen LogP contribution is -2.36. The topological polar surface area (TPSA) is 78.8 Å². The van der Waals surface area contributed by atoms with Gasteiger partial charge >= 0.3 is 6.09 Å². The van der Waals surface area contributed by atoms with E-state index < -0.39 is 18.3 Å². The first-order chi connectivity index (χ1) is 17.6. The van der Waals surface area contributed by atoms with E-state index in [9.17, 15) is 15.0 Å². The fourth-order valence-electron chi connectivity index (χ4n) is 5.10. The summed E-state index contributed by atoms with van der Waals surface area (Å²) < 4.78 is 7.83. The monoisotopic (exact) mass is 495 g/mol. The molecule has 0 aliphatic heterocycles. The standard InChI is InChI=1S/C30H25NO4S/c32-26(29(33)18-13-14-28-24(15-18)23-11-5-6-12-27(23)36-28)16-31-30(34)35-17-25-21-9-3-1-7-19(21)20-8-2-4-10-22(20)25/h1-15,25-26,29,32-33H,16-17H2,(H,31,34). The number of hydrogen-bond acceptors (Lipinski definition) is 5. The average molecular weight is 496 g/mol. The highest BCUT2D eigenvalue weighted by atomic mass is 32.1. The highest BCUT2D eigenvalue weighted by molar-refractivity contribution is 7.25. The zero-order valence-electron chi connectivity index (χ0n) is 19.4. The zero-order valence-corrected chi connectivity index (χ0v) is 20.2. The number of carbonyl (C=O) groups excluding carboxylic acids is 1. The fraction of sp³-hybridized carbons (Fsp3) is 0.167. The summed E-state index contributed by atoms with van der Waals surface area (Å²) in [6.45, 7) is 0.0701. The van der Waals surface area contributed by atoms with E-state index in [2.05, 4.69) is 41.7 Å². The van der Waals surface area contributed by atoms with E-state index in [0.29, 0.717) is 5.56 Å². The van der Waals surface area contributed by atoms with E-state index in [1.165, 1.54) is 4.70 Å². The Balaban J connectivity index is 1.09. The second-order valence-electron chi connectivity index (χ2n) is 9.07. The van der Waals surface area contributed by atoms with Crippen molar-refractivity contribution in [1.82, 2.24) is 5.32 Å². The maximum absolute atomic E-state index is 12.4. The SMILES string of the molecule is O=C(NCC(O)C(O)c1ccc2sc3ccccc3c2c1)OCC1c2ccccc2-c2ccccc21. The van der Waals surface area contributed by atoms with Crippen LogP contribution in [-0.2, 0) is 4.74 Å². The minimum Gasteiger partial charge on any atom is -0.449 e. The van der Waals surface area contributed by atoms with Crippen LogP contribution in [0.1, 0.15) is 28.7 Å². The number of fused-ring (bicyclic) bond motifs is 6. The van der Waals surface area contributed by atoms with Crippen LogP contribution in [0.25, 0.3) is 31.3 Å². The molecule has 2 atom stereocenters. The van der Waals surface area contributed by atoms with E-state index in [4.69, 9.17) is 4.74 Å². The molecule has 0 spiro atoms. The van der Waals surface area contributed by atoms with Gasteiger partial charge in [0.1, 0.15) is 18.8 Å². The van der Waals surface area contributed by atoms with Crippen LogP contribution < -0.4 is 5.32 Å². The zero-order chi connectivity index (χ0) is 24.6. The van der Waals surface area contributed by atoms with E-state index in [-0.39, 0.29) is 19.1 Å². The first kappa shape index (κ1) is 22.7. The second kappa shape index (κ2) is 9.39. The first-order valence-corrected chi connectivity index (χ1v) is 12.8. The molecule has 1 aromatic heterocycles. The molecule has 180 valence electrons. The Hall–Kier alpha value is -3.71. The predicted octanol–water partition coefficient (Wildman–Crippen LogP) is 5.99. The number of rotatable bonds is 6. The van der Waals surface area contributed by atoms with Crippen LogP contribution >= 0.6 is 11.3 Å². The third-order valence-corrected chi connectivity index (χ3v) is 8.06. The number of amides is 1. The third-order valence-electron chi connectivity index (χ3n) is 6.91. The predicted molar refractivity (Wildman–Crippen MR) is 143 cm³/mol. The summed E-state index contributed by atoms with van der Waals surface area (Å²) in [5, 5.41) is 26.1. The van der Waals surface area contributed by atoms with Gasteiger partial charge in [-0.05, 0) is 46.0 Å². The quantitative estimate of drug-likeness (QED) is 0.270. The minimum absolute atomic E-state index is 0.0363. The lowest BCUT2D eigenvalue weighted by molar-refractivity contribution is 0.0186. The van der Waals surface area contributed by atoms with Crippen molar-refractivity contribution < 1.29 is 19.7 Å². The Morgan fingerprint density at radius 2 is 1.47 bits per heavy atom. The Morgan fingerprint density at radius 3 is 2.22 bits per heavy atom. The van der Waals surface area contributed by atoms with Crippen molar-refractivity contribution in [3.63, 3.8) is 0 Å². The average Bonchev–Trinajstić information content (AvgIpc) is 3.45. The van der Waals surface area contributed by atoms with Crippen LogP contribution in [0.4, 0.5) is 4.79 Å². The van der Waals surface area contributed by atoms with Gasteiger partial charge in [-0.25, -0.2) is 4.79 Å². The van der Waals surface area contributed by atoms with Crippen LogP contribution in [-0.4, -0.2) is 35.6 Å². The third kappa shape index (κ3) is 4.03. The van der Waals surface area contributed by atoms with Gasteiger partial charge in [0, 0.05) is 32.6 Å². The van der Waals surface area contributed by atoms with Crippen molar-refractivity contribution in [3.8, 4) is 11.1 Å². The Kier molecular flexibility index (Phi) is 5.93. The number of nitrogens with one attached hydrogen (secondary N) is 1. The molecule has 0 radical (unpaired) electrons. The van der Waals surface area contributed by atoms with Crippen molar-refractivity contribution in [1.29, 1.82) is 0 Å². The van der Waals surface area contributed by atoms with E-state index in [1.807, 2.05) is 54.6 Å². The summed E-state index contributed by atoms with van der Waals surface area (Å²) in [6, 6.07) is 30.1. The van der Waals surface area contributed by atoms with Gasteiger partial charge in [0.2, 0.25) is 0 Å². The van der Waals surface area contributed by atoms with Crippen molar-refractivity contribution in [2.45, 2.75) is 18.1 Å². The molecule has 3 N–H and O–H groups in total. The number of benzene rings is 4. The van der Waals surface area contributed by atoms with Crippen LogP contribution in [0.2, 0.25) is 0 Å². The molecule has 0 saturated carbocycles. The van der Waals surface area contributed by atoms with Gasteiger partial charge in [-0.15, -0.1) is 11.3 Å². The molecule has 5 nitrogen and oxygen atoms in total. The molecule has 1 aliphatic rings. The summed E-state index contributed by atoms with van der Waals surface area (Å²) in [5.74, 6) is -0.0363. The molecule has 0 saturated heterocycles. The maximum atomic E-state index is 12.4. The fourth-order valence-corrected chi connectivity index (χ4v) is 6.19. The van der Waals surface area contributed by atoms with Crippen LogP contribution in [0.15, 0.2) is 91.0 Å². The Labute approximate surface area is 212 Å². The van der Waals surface area contributed by atoms with Crippen LogP contribution in [0, 0.1) is 0 Å². The summed E-state index contributed by atoms with van der Waals surface area (Å²) >= 11 is 1.69. The molecule has 1 amide bonds. The highest BCUT2D eigenvalue weighted by Crippen LogP contribution is 2.44. The number of carbonyl (C=O) groups is 1. The van der Waals surface area contributed by atoms with Crippen molar-refractivity contribution in [3.05, 3.63) is 108 Å². The molecular weight excluding hydrogens is 470 g/mol. The number of aliphatic hydroxyl groups is 2. The number of ether oxygens (including phenoxy) is 1. The summed E-state index contributed by atoms with van der Waals surface area (Å²) in [4.78, 5) is 12.4. The van der Waals surface area contributed by atoms with Gasteiger partial charge in [0.25, 0.3) is 0 Å². The molecule has 36 heavy (non-hydrogen) atoms. The molecule has 1 heterocycles. The van der Waals surface area contributed by atoms with Crippen molar-refractivity contribution in [2.75, 3.05) is 13.2 Å². The number of hydrogen-bond donors (Lipinski definition) is 3. The number of thiophene rings is 1. The minimum atomic E-state index is -1.17. The van der Waals surface area contributed by atoms with E-state index >= 15 is 0 Å². The normalized spacial score (nSPS) is 14.4. The molecule has 5 aromatic rings. The lowest BCUT2D eigenvalue weighted by atomic mass is 9.98. The van der Waals surface area contributed by atoms with Gasteiger partial charge in [-0.1, -0.05) is 72.8 Å². The molecule has 4 aromatic carbocycles. The van der Waals surface area contributed by atoms with E-state index in [0.717, 1.165) is 37.7 Å². The second-order valence-corrected chi connectivity index (χ2v) is 10.2. The van der Waals surface area contributed by atoms with Gasteiger partial charge in [0.05, 0.1) is 0 Å². The maximum Gasteiger partial charge on any atom is 0.407 e. The summed E-state index contributed by atoms with van der Waals surface area (Å²) in [5.41, 5.74) is 5.21. The molecule has 1 aliphatic carbocycles. The van der Waals surface area contributed by atoms with Gasteiger partial charge < -0.3 is 20.3 Å². The van der Waals surface area contributed by atoms with Crippen LogP contribution in [0.3, 0.4) is 0 Å². The van der Waals surface area contributed by atoms with Crippen molar-refractivity contribution >= 4 is 37.6 Å². The molecule has 6 rings (SSSR count). The van der Waals surface area contributed by atoms with Gasteiger partial charge in [-0.2, -0.15) is 0 Å². The lowest BCUT2D eigenvalue weighted by Gasteiger charge is -2.19. The van der Waals surface area contributed by atoms with Crippen LogP contribution in [0.5, 0.6) is 0 Å². The Morgan fingerprint density at radius 1 is 0.833 bits per heavy atom.